The van der Waals surface area contributed by atoms with E-state index in [1.165, 1.54) is 12.1 Å². The minimum atomic E-state index is -0.681. The second-order valence-electron chi connectivity index (χ2n) is 5.26. The maximum atomic E-state index is 12.9. The Morgan fingerprint density at radius 2 is 2.00 bits per heavy atom. The van der Waals surface area contributed by atoms with Crippen molar-refractivity contribution in [3.63, 3.8) is 0 Å². The number of hydrogen-bond donors (Lipinski definition) is 1. The Balaban J connectivity index is 1.79. The lowest BCUT2D eigenvalue weighted by Crippen LogP contribution is -2.39. The van der Waals surface area contributed by atoms with Gasteiger partial charge in [0.05, 0.1) is 6.07 Å². The third-order valence-electron chi connectivity index (χ3n) is 3.82. The molecule has 1 aromatic heterocycles. The van der Waals surface area contributed by atoms with Crippen LogP contribution in [0.5, 0.6) is 0 Å². The Hall–Kier alpha value is -2.26. The van der Waals surface area contributed by atoms with Gasteiger partial charge in [0.1, 0.15) is 11.2 Å². The summed E-state index contributed by atoms with van der Waals surface area (Å²) in [6.45, 7) is 1.53. The Morgan fingerprint density at radius 3 is 2.67 bits per heavy atom. The first-order chi connectivity index (χ1) is 10.2. The van der Waals surface area contributed by atoms with Gasteiger partial charge in [0.15, 0.2) is 5.82 Å². The highest BCUT2D eigenvalue weighted by Gasteiger charge is 2.39. The van der Waals surface area contributed by atoms with Crippen LogP contribution in [-0.4, -0.2) is 23.2 Å². The molecule has 0 amide bonds. The topological polar surface area (TPSA) is 74.7 Å². The molecule has 2 aromatic rings. The highest BCUT2D eigenvalue weighted by molar-refractivity contribution is 5.23. The van der Waals surface area contributed by atoms with Gasteiger partial charge in [-0.3, -0.25) is 0 Å². The van der Waals surface area contributed by atoms with Crippen LogP contribution in [0.2, 0.25) is 0 Å². The normalized spacial score (nSPS) is 17.3. The van der Waals surface area contributed by atoms with Gasteiger partial charge in [0.25, 0.3) is 0 Å². The molecule has 1 aromatic carbocycles. The number of aromatic nitrogens is 2. The van der Waals surface area contributed by atoms with Crippen molar-refractivity contribution in [2.75, 3.05) is 13.1 Å². The summed E-state index contributed by atoms with van der Waals surface area (Å²) in [6, 6.07) is 8.52. The quantitative estimate of drug-likeness (QED) is 0.933. The van der Waals surface area contributed by atoms with Crippen LogP contribution in [0.1, 0.15) is 30.1 Å². The molecular formula is C15H15FN4O. The van der Waals surface area contributed by atoms with Gasteiger partial charge >= 0.3 is 0 Å². The molecule has 1 saturated heterocycles. The first kappa shape index (κ1) is 13.7. The van der Waals surface area contributed by atoms with Crippen molar-refractivity contribution in [2.45, 2.75) is 24.7 Å². The van der Waals surface area contributed by atoms with Crippen LogP contribution in [0.4, 0.5) is 4.39 Å². The fraction of sp³-hybridized carbons (Fsp3) is 0.400. The Kier molecular flexibility index (Phi) is 3.67. The van der Waals surface area contributed by atoms with E-state index < -0.39 is 5.41 Å². The highest BCUT2D eigenvalue weighted by Crippen LogP contribution is 2.31. The van der Waals surface area contributed by atoms with Crippen LogP contribution in [0.3, 0.4) is 0 Å². The SMILES string of the molecule is N#CC1(c2nc(Cc3ccc(F)cc3)no2)CCNCC1. The average Bonchev–Trinajstić information content (AvgIpc) is 2.99. The van der Waals surface area contributed by atoms with E-state index in [0.717, 1.165) is 18.7 Å². The summed E-state index contributed by atoms with van der Waals surface area (Å²) >= 11 is 0. The standard InChI is InChI=1S/C15H15FN4O/c16-12-3-1-11(2-4-12)9-13-19-14(21-20-13)15(10-17)5-7-18-8-6-15/h1-4,18H,5-9H2. The minimum Gasteiger partial charge on any atom is -0.338 e. The van der Waals surface area contributed by atoms with Crippen molar-refractivity contribution < 1.29 is 8.91 Å². The molecule has 1 N–H and O–H groups in total. The zero-order chi connectivity index (χ0) is 14.7. The summed E-state index contributed by atoms with van der Waals surface area (Å²) in [4.78, 5) is 4.37. The van der Waals surface area contributed by atoms with Gasteiger partial charge in [-0.25, -0.2) is 4.39 Å². The van der Waals surface area contributed by atoms with Crippen molar-refractivity contribution in [3.8, 4) is 6.07 Å². The molecule has 3 rings (SSSR count). The number of hydrogen-bond acceptors (Lipinski definition) is 5. The van der Waals surface area contributed by atoms with Crippen molar-refractivity contribution in [2.24, 2.45) is 0 Å². The van der Waals surface area contributed by atoms with Crippen molar-refractivity contribution in [1.82, 2.24) is 15.5 Å². The summed E-state index contributed by atoms with van der Waals surface area (Å²) in [5, 5.41) is 16.6. The van der Waals surface area contributed by atoms with Crippen LogP contribution in [0.25, 0.3) is 0 Å². The second kappa shape index (κ2) is 5.62. The molecule has 0 aliphatic carbocycles. The Bertz CT molecular complexity index is 653. The number of benzene rings is 1. The van der Waals surface area contributed by atoms with Crippen molar-refractivity contribution in [1.29, 1.82) is 5.26 Å². The van der Waals surface area contributed by atoms with Gasteiger partial charge in [0.2, 0.25) is 5.89 Å². The number of piperidine rings is 1. The zero-order valence-electron chi connectivity index (χ0n) is 11.5. The van der Waals surface area contributed by atoms with E-state index in [2.05, 4.69) is 21.5 Å². The molecule has 0 saturated carbocycles. The summed E-state index contributed by atoms with van der Waals surface area (Å²) < 4.78 is 18.2. The van der Waals surface area contributed by atoms with Gasteiger partial charge in [-0.1, -0.05) is 17.3 Å². The zero-order valence-corrected chi connectivity index (χ0v) is 11.5. The van der Waals surface area contributed by atoms with Crippen LogP contribution in [0.15, 0.2) is 28.8 Å². The van der Waals surface area contributed by atoms with Gasteiger partial charge in [-0.2, -0.15) is 10.2 Å². The van der Waals surface area contributed by atoms with E-state index in [-0.39, 0.29) is 5.82 Å². The van der Waals surface area contributed by atoms with Gasteiger partial charge in [-0.05, 0) is 43.6 Å². The third-order valence-corrected chi connectivity index (χ3v) is 3.82. The van der Waals surface area contributed by atoms with E-state index in [4.69, 9.17) is 4.52 Å². The third kappa shape index (κ3) is 2.78. The molecule has 0 unspecified atom stereocenters. The van der Waals surface area contributed by atoms with E-state index >= 15 is 0 Å². The molecule has 1 aliphatic heterocycles. The molecule has 1 aliphatic rings. The molecule has 0 radical (unpaired) electrons. The summed E-state index contributed by atoms with van der Waals surface area (Å²) in [7, 11) is 0. The van der Waals surface area contributed by atoms with E-state index in [1.54, 1.807) is 12.1 Å². The number of nitrogens with zero attached hydrogens (tertiary/aromatic N) is 3. The molecule has 2 heterocycles. The molecule has 0 atom stereocenters. The summed E-state index contributed by atoms with van der Waals surface area (Å²) in [6.07, 6.45) is 1.80. The van der Waals surface area contributed by atoms with E-state index in [1.807, 2.05) is 0 Å². The van der Waals surface area contributed by atoms with Crippen LogP contribution < -0.4 is 5.32 Å². The number of rotatable bonds is 3. The predicted octanol–water partition coefficient (Wildman–Crippen LogP) is 1.94. The van der Waals surface area contributed by atoms with E-state index in [9.17, 15) is 9.65 Å². The van der Waals surface area contributed by atoms with Gasteiger partial charge in [-0.15, -0.1) is 0 Å². The number of nitriles is 1. The van der Waals surface area contributed by atoms with Crippen molar-refractivity contribution >= 4 is 0 Å². The highest BCUT2D eigenvalue weighted by atomic mass is 19.1. The Morgan fingerprint density at radius 1 is 1.29 bits per heavy atom. The summed E-state index contributed by atoms with van der Waals surface area (Å²) in [5.41, 5.74) is 0.222. The molecule has 6 heteroatoms. The molecule has 5 nitrogen and oxygen atoms in total. The lowest BCUT2D eigenvalue weighted by Gasteiger charge is -2.27. The van der Waals surface area contributed by atoms with Crippen LogP contribution in [-0.2, 0) is 11.8 Å². The molecule has 21 heavy (non-hydrogen) atoms. The van der Waals surface area contributed by atoms with Gasteiger partial charge < -0.3 is 9.84 Å². The monoisotopic (exact) mass is 286 g/mol. The second-order valence-corrected chi connectivity index (χ2v) is 5.26. The lowest BCUT2D eigenvalue weighted by molar-refractivity contribution is 0.272. The number of nitrogens with one attached hydrogen (secondary N) is 1. The predicted molar refractivity (Wildman–Crippen MR) is 72.9 cm³/mol. The maximum Gasteiger partial charge on any atom is 0.247 e. The fourth-order valence-corrected chi connectivity index (χ4v) is 2.53. The first-order valence-electron chi connectivity index (χ1n) is 6.91. The first-order valence-corrected chi connectivity index (χ1v) is 6.91. The molecular weight excluding hydrogens is 271 g/mol. The Labute approximate surface area is 121 Å². The van der Waals surface area contributed by atoms with Crippen LogP contribution in [0, 0.1) is 17.1 Å². The molecule has 0 spiro atoms. The largest absolute Gasteiger partial charge is 0.338 e. The average molecular weight is 286 g/mol. The smallest absolute Gasteiger partial charge is 0.247 e. The summed E-state index contributed by atoms with van der Waals surface area (Å²) in [5.74, 6) is 0.638. The minimum absolute atomic E-state index is 0.273. The fourth-order valence-electron chi connectivity index (χ4n) is 2.53. The van der Waals surface area contributed by atoms with Crippen molar-refractivity contribution in [3.05, 3.63) is 47.4 Å². The molecule has 1 fully saturated rings. The van der Waals surface area contributed by atoms with Crippen LogP contribution >= 0.6 is 0 Å². The molecule has 108 valence electrons. The molecule has 0 bridgehead atoms. The van der Waals surface area contributed by atoms with E-state index in [0.29, 0.717) is 31.0 Å². The lowest BCUT2D eigenvalue weighted by atomic mass is 9.80. The maximum absolute atomic E-state index is 12.9. The number of halogens is 1. The van der Waals surface area contributed by atoms with Gasteiger partial charge in [0, 0.05) is 6.42 Å².